The first-order valence-corrected chi connectivity index (χ1v) is 5.99. The second-order valence-corrected chi connectivity index (χ2v) is 4.92. The molecular weight excluding hydrogens is 214 g/mol. The van der Waals surface area contributed by atoms with E-state index in [9.17, 15) is 8.78 Å². The van der Waals surface area contributed by atoms with Gasteiger partial charge in [-0.2, -0.15) is 0 Å². The van der Waals surface area contributed by atoms with Gasteiger partial charge in [0.25, 0.3) is 6.43 Å². The zero-order chi connectivity index (χ0) is 11.4. The van der Waals surface area contributed by atoms with E-state index in [1.54, 1.807) is 0 Å². The number of rotatable bonds is 5. The van der Waals surface area contributed by atoms with Crippen molar-refractivity contribution in [3.05, 3.63) is 0 Å². The molecule has 2 saturated heterocycles. The number of alkyl halides is 2. The fraction of sp³-hybridized carbons (Fsp3) is 1.00. The van der Waals surface area contributed by atoms with Gasteiger partial charge in [0.1, 0.15) is 6.61 Å². The van der Waals surface area contributed by atoms with Crippen molar-refractivity contribution in [2.75, 3.05) is 45.9 Å². The smallest absolute Gasteiger partial charge is 0.261 e. The van der Waals surface area contributed by atoms with Crippen LogP contribution in [0.4, 0.5) is 8.78 Å². The molecule has 3 nitrogen and oxygen atoms in total. The van der Waals surface area contributed by atoms with Crippen LogP contribution in [-0.2, 0) is 4.74 Å². The SMILES string of the molecule is FC(F)COCCN1CCC2(CCNC2)C1. The maximum absolute atomic E-state index is 11.8. The fourth-order valence-electron chi connectivity index (χ4n) is 2.73. The van der Waals surface area contributed by atoms with E-state index in [1.165, 1.54) is 12.8 Å². The molecule has 2 aliphatic heterocycles. The highest BCUT2D eigenvalue weighted by atomic mass is 19.3. The maximum atomic E-state index is 11.8. The van der Waals surface area contributed by atoms with Crippen LogP contribution in [0, 0.1) is 5.41 Å². The summed E-state index contributed by atoms with van der Waals surface area (Å²) in [7, 11) is 0. The van der Waals surface area contributed by atoms with Gasteiger partial charge in [0.15, 0.2) is 0 Å². The second-order valence-electron chi connectivity index (χ2n) is 4.92. The molecule has 16 heavy (non-hydrogen) atoms. The first-order chi connectivity index (χ1) is 7.70. The molecular formula is C11H20F2N2O. The lowest BCUT2D eigenvalue weighted by Crippen LogP contribution is -2.31. The molecule has 5 heteroatoms. The van der Waals surface area contributed by atoms with Crippen LogP contribution in [0.25, 0.3) is 0 Å². The third-order valence-electron chi connectivity index (χ3n) is 3.65. The summed E-state index contributed by atoms with van der Waals surface area (Å²) in [6.07, 6.45) is 0.139. The molecule has 2 aliphatic rings. The van der Waals surface area contributed by atoms with Gasteiger partial charge in [0, 0.05) is 19.6 Å². The normalized spacial score (nSPS) is 30.9. The van der Waals surface area contributed by atoms with Crippen LogP contribution in [-0.4, -0.2) is 57.3 Å². The second kappa shape index (κ2) is 5.38. The van der Waals surface area contributed by atoms with Gasteiger partial charge >= 0.3 is 0 Å². The average molecular weight is 234 g/mol. The summed E-state index contributed by atoms with van der Waals surface area (Å²) >= 11 is 0. The summed E-state index contributed by atoms with van der Waals surface area (Å²) in [5, 5.41) is 3.40. The number of nitrogens with one attached hydrogen (secondary N) is 1. The lowest BCUT2D eigenvalue weighted by atomic mass is 9.87. The van der Waals surface area contributed by atoms with E-state index < -0.39 is 13.0 Å². The third-order valence-corrected chi connectivity index (χ3v) is 3.65. The molecule has 0 amide bonds. The van der Waals surface area contributed by atoms with Crippen molar-refractivity contribution in [2.45, 2.75) is 19.3 Å². The molecule has 94 valence electrons. The zero-order valence-corrected chi connectivity index (χ0v) is 9.55. The number of hydrogen-bond acceptors (Lipinski definition) is 3. The standard InChI is InChI=1S/C11H20F2N2O/c12-10(13)7-16-6-5-15-4-2-11(9-15)1-3-14-8-11/h10,14H,1-9H2. The Balaban J connectivity index is 1.61. The molecule has 2 rings (SSSR count). The Labute approximate surface area is 95.1 Å². The molecule has 0 bridgehead atoms. The Bertz CT molecular complexity index is 220. The highest BCUT2D eigenvalue weighted by molar-refractivity contribution is 4.95. The lowest BCUT2D eigenvalue weighted by Gasteiger charge is -2.22. The maximum Gasteiger partial charge on any atom is 0.261 e. The first-order valence-electron chi connectivity index (χ1n) is 5.99. The van der Waals surface area contributed by atoms with Gasteiger partial charge in [-0.1, -0.05) is 0 Å². The molecule has 2 heterocycles. The Kier molecular flexibility index (Phi) is 4.10. The number of hydrogen-bond donors (Lipinski definition) is 1. The highest BCUT2D eigenvalue weighted by Crippen LogP contribution is 2.35. The Hall–Kier alpha value is -0.260. The minimum atomic E-state index is -2.34. The van der Waals surface area contributed by atoms with E-state index >= 15 is 0 Å². The molecule has 0 radical (unpaired) electrons. The van der Waals surface area contributed by atoms with Crippen LogP contribution >= 0.6 is 0 Å². The highest BCUT2D eigenvalue weighted by Gasteiger charge is 2.39. The number of nitrogens with zero attached hydrogens (tertiary/aromatic N) is 1. The third kappa shape index (κ3) is 3.12. The summed E-state index contributed by atoms with van der Waals surface area (Å²) in [5.74, 6) is 0. The van der Waals surface area contributed by atoms with Crippen molar-refractivity contribution in [3.8, 4) is 0 Å². The van der Waals surface area contributed by atoms with E-state index in [2.05, 4.69) is 10.2 Å². The molecule has 2 fully saturated rings. The largest absolute Gasteiger partial charge is 0.374 e. The van der Waals surface area contributed by atoms with Crippen LogP contribution in [0.2, 0.25) is 0 Å². The number of halogens is 2. The lowest BCUT2D eigenvalue weighted by molar-refractivity contribution is 0.0108. The molecule has 0 aromatic heterocycles. The van der Waals surface area contributed by atoms with Gasteiger partial charge < -0.3 is 15.0 Å². The van der Waals surface area contributed by atoms with Crippen molar-refractivity contribution in [1.82, 2.24) is 10.2 Å². The summed E-state index contributed by atoms with van der Waals surface area (Å²) in [6, 6.07) is 0. The topological polar surface area (TPSA) is 24.5 Å². The van der Waals surface area contributed by atoms with Gasteiger partial charge in [-0.25, -0.2) is 8.78 Å². The Morgan fingerprint density at radius 1 is 1.38 bits per heavy atom. The fourth-order valence-corrected chi connectivity index (χ4v) is 2.73. The molecule has 0 saturated carbocycles. The van der Waals surface area contributed by atoms with E-state index in [0.29, 0.717) is 12.0 Å². The van der Waals surface area contributed by atoms with Crippen molar-refractivity contribution in [1.29, 1.82) is 0 Å². The molecule has 0 aliphatic carbocycles. The molecule has 1 atom stereocenters. The molecule has 1 unspecified atom stereocenters. The summed E-state index contributed by atoms with van der Waals surface area (Å²) in [5.41, 5.74) is 0.461. The van der Waals surface area contributed by atoms with Crippen molar-refractivity contribution in [3.63, 3.8) is 0 Å². The minimum Gasteiger partial charge on any atom is -0.374 e. The Morgan fingerprint density at radius 3 is 2.94 bits per heavy atom. The summed E-state index contributed by atoms with van der Waals surface area (Å²) in [6.45, 7) is 5.19. The van der Waals surface area contributed by atoms with Crippen LogP contribution in [0.15, 0.2) is 0 Å². The summed E-state index contributed by atoms with van der Waals surface area (Å²) in [4.78, 5) is 2.33. The van der Waals surface area contributed by atoms with Crippen LogP contribution in [0.3, 0.4) is 0 Å². The molecule has 1 spiro atoms. The predicted octanol–water partition coefficient (Wildman–Crippen LogP) is 0.953. The van der Waals surface area contributed by atoms with E-state index in [1.807, 2.05) is 0 Å². The van der Waals surface area contributed by atoms with Crippen molar-refractivity contribution < 1.29 is 13.5 Å². The van der Waals surface area contributed by atoms with Crippen molar-refractivity contribution >= 4 is 0 Å². The quantitative estimate of drug-likeness (QED) is 0.717. The van der Waals surface area contributed by atoms with Crippen LogP contribution in [0.1, 0.15) is 12.8 Å². The van der Waals surface area contributed by atoms with Gasteiger partial charge in [-0.05, 0) is 31.3 Å². The minimum absolute atomic E-state index is 0.424. The van der Waals surface area contributed by atoms with Gasteiger partial charge in [-0.15, -0.1) is 0 Å². The first kappa shape index (κ1) is 12.2. The van der Waals surface area contributed by atoms with E-state index in [-0.39, 0.29) is 0 Å². The average Bonchev–Trinajstić information content (AvgIpc) is 2.85. The van der Waals surface area contributed by atoms with Crippen molar-refractivity contribution in [2.24, 2.45) is 5.41 Å². The van der Waals surface area contributed by atoms with Gasteiger partial charge in [0.2, 0.25) is 0 Å². The Morgan fingerprint density at radius 2 is 2.25 bits per heavy atom. The van der Waals surface area contributed by atoms with Gasteiger partial charge in [0.05, 0.1) is 6.61 Å². The monoisotopic (exact) mass is 234 g/mol. The molecule has 0 aromatic carbocycles. The van der Waals surface area contributed by atoms with E-state index in [4.69, 9.17) is 4.74 Å². The predicted molar refractivity (Wildman–Crippen MR) is 57.8 cm³/mol. The number of likely N-dealkylation sites (tertiary alicyclic amines) is 1. The number of ether oxygens (including phenoxy) is 1. The molecule has 0 aromatic rings. The zero-order valence-electron chi connectivity index (χ0n) is 9.55. The molecule has 1 N–H and O–H groups in total. The van der Waals surface area contributed by atoms with E-state index in [0.717, 1.165) is 32.7 Å². The van der Waals surface area contributed by atoms with Gasteiger partial charge in [-0.3, -0.25) is 0 Å². The van der Waals surface area contributed by atoms with Crippen LogP contribution < -0.4 is 5.32 Å². The van der Waals surface area contributed by atoms with Crippen LogP contribution in [0.5, 0.6) is 0 Å². The summed E-state index contributed by atoms with van der Waals surface area (Å²) < 4.78 is 28.6.